The average molecular weight is 252 g/mol. The fraction of sp³-hybridized carbons (Fsp3) is 1.00. The van der Waals surface area contributed by atoms with Crippen LogP contribution in [0.2, 0.25) is 0 Å². The van der Waals surface area contributed by atoms with Crippen molar-refractivity contribution in [3.8, 4) is 0 Å². The summed E-state index contributed by atoms with van der Waals surface area (Å²) in [6.45, 7) is 4.66. The summed E-state index contributed by atoms with van der Waals surface area (Å²) < 4.78 is 0. The van der Waals surface area contributed by atoms with E-state index in [1.807, 2.05) is 0 Å². The molecule has 0 radical (unpaired) electrons. The van der Waals surface area contributed by atoms with Gasteiger partial charge in [-0.05, 0) is 49.9 Å². The van der Waals surface area contributed by atoms with Crippen LogP contribution in [0.5, 0.6) is 0 Å². The monoisotopic (exact) mass is 252 g/mol. The summed E-state index contributed by atoms with van der Waals surface area (Å²) in [5.74, 6) is 2.39. The van der Waals surface area contributed by atoms with Crippen molar-refractivity contribution in [1.29, 1.82) is 0 Å². The first-order valence-electron chi connectivity index (χ1n) is 8.36. The summed E-state index contributed by atoms with van der Waals surface area (Å²) in [5.41, 5.74) is -0.303. The normalized spacial score (nSPS) is 42.5. The topological polar surface area (TPSA) is 20.2 Å². The molecule has 0 amide bonds. The molecule has 0 aromatic rings. The van der Waals surface area contributed by atoms with E-state index in [0.717, 1.165) is 24.7 Å². The van der Waals surface area contributed by atoms with Gasteiger partial charge in [-0.2, -0.15) is 0 Å². The third-order valence-corrected chi connectivity index (χ3v) is 5.68. The zero-order valence-electron chi connectivity index (χ0n) is 12.5. The zero-order chi connectivity index (χ0) is 13.0. The lowest BCUT2D eigenvalue weighted by Crippen LogP contribution is -2.39. The molecule has 1 N–H and O–H groups in total. The minimum absolute atomic E-state index is 0.303. The highest BCUT2D eigenvalue weighted by Gasteiger charge is 2.39. The molecule has 2 unspecified atom stereocenters. The molecule has 0 aromatic heterocycles. The quantitative estimate of drug-likeness (QED) is 0.707. The third kappa shape index (κ3) is 3.50. The van der Waals surface area contributed by atoms with Crippen LogP contribution in [0.3, 0.4) is 0 Å². The fourth-order valence-electron chi connectivity index (χ4n) is 4.32. The van der Waals surface area contributed by atoms with Crippen molar-refractivity contribution in [2.24, 2.45) is 17.8 Å². The van der Waals surface area contributed by atoms with Gasteiger partial charge in [0.2, 0.25) is 0 Å². The molecule has 2 atom stereocenters. The number of hydrogen-bond acceptors (Lipinski definition) is 1. The molecular weight excluding hydrogens is 220 g/mol. The zero-order valence-corrected chi connectivity index (χ0v) is 12.5. The molecule has 2 rings (SSSR count). The molecule has 106 valence electrons. The molecule has 1 heteroatoms. The number of rotatable bonds is 3. The largest absolute Gasteiger partial charge is 0.390 e. The Balaban J connectivity index is 1.90. The van der Waals surface area contributed by atoms with E-state index in [1.54, 1.807) is 0 Å². The summed E-state index contributed by atoms with van der Waals surface area (Å²) in [6.07, 6.45) is 14.0. The Morgan fingerprint density at radius 2 is 1.72 bits per heavy atom. The Labute approximate surface area is 113 Å². The van der Waals surface area contributed by atoms with Gasteiger partial charge in [-0.25, -0.2) is 0 Å². The SMILES string of the molecule is CCCC1CCCC(O)(C2CCC(C)CC2)CC1. The maximum atomic E-state index is 11.0. The van der Waals surface area contributed by atoms with Crippen LogP contribution in [0.4, 0.5) is 0 Å². The Bertz CT molecular complexity index is 242. The van der Waals surface area contributed by atoms with Gasteiger partial charge in [0.25, 0.3) is 0 Å². The lowest BCUT2D eigenvalue weighted by atomic mass is 9.71. The van der Waals surface area contributed by atoms with Crippen LogP contribution in [0, 0.1) is 17.8 Å². The van der Waals surface area contributed by atoms with E-state index >= 15 is 0 Å². The predicted octanol–water partition coefficient (Wildman–Crippen LogP) is 4.92. The molecule has 0 aliphatic heterocycles. The number of hydrogen-bond donors (Lipinski definition) is 1. The standard InChI is InChI=1S/C17H32O/c1-3-5-15-6-4-12-17(18,13-11-15)16-9-7-14(2)8-10-16/h14-16,18H,3-13H2,1-2H3. The van der Waals surface area contributed by atoms with E-state index in [2.05, 4.69) is 13.8 Å². The minimum atomic E-state index is -0.303. The molecule has 0 heterocycles. The fourth-order valence-corrected chi connectivity index (χ4v) is 4.32. The second-order valence-corrected chi connectivity index (χ2v) is 7.15. The third-order valence-electron chi connectivity index (χ3n) is 5.68. The van der Waals surface area contributed by atoms with E-state index in [4.69, 9.17) is 0 Å². The van der Waals surface area contributed by atoms with Gasteiger partial charge in [-0.3, -0.25) is 0 Å². The van der Waals surface area contributed by atoms with E-state index in [-0.39, 0.29) is 5.60 Å². The van der Waals surface area contributed by atoms with E-state index in [0.29, 0.717) is 5.92 Å². The van der Waals surface area contributed by atoms with E-state index < -0.39 is 0 Å². The molecular formula is C17H32O. The molecule has 0 aromatic carbocycles. The van der Waals surface area contributed by atoms with E-state index in [1.165, 1.54) is 57.8 Å². The predicted molar refractivity (Wildman–Crippen MR) is 77.6 cm³/mol. The second kappa shape index (κ2) is 6.41. The molecule has 0 saturated heterocycles. The van der Waals surface area contributed by atoms with Gasteiger partial charge in [0.1, 0.15) is 0 Å². The van der Waals surface area contributed by atoms with Gasteiger partial charge >= 0.3 is 0 Å². The van der Waals surface area contributed by atoms with Gasteiger partial charge < -0.3 is 5.11 Å². The van der Waals surface area contributed by atoms with Gasteiger partial charge in [0, 0.05) is 0 Å². The Morgan fingerprint density at radius 3 is 2.39 bits per heavy atom. The highest BCUT2D eigenvalue weighted by atomic mass is 16.3. The van der Waals surface area contributed by atoms with Crippen LogP contribution in [-0.4, -0.2) is 10.7 Å². The molecule has 18 heavy (non-hydrogen) atoms. The number of aliphatic hydroxyl groups is 1. The van der Waals surface area contributed by atoms with Crippen molar-refractivity contribution in [3.63, 3.8) is 0 Å². The van der Waals surface area contributed by atoms with Gasteiger partial charge in [-0.15, -0.1) is 0 Å². The Hall–Kier alpha value is -0.0400. The maximum absolute atomic E-state index is 11.0. The van der Waals surface area contributed by atoms with Crippen molar-refractivity contribution in [2.75, 3.05) is 0 Å². The molecule has 2 fully saturated rings. The minimum Gasteiger partial charge on any atom is -0.390 e. The van der Waals surface area contributed by atoms with Crippen molar-refractivity contribution in [3.05, 3.63) is 0 Å². The molecule has 0 bridgehead atoms. The van der Waals surface area contributed by atoms with Crippen LogP contribution in [0.1, 0.15) is 84.5 Å². The van der Waals surface area contributed by atoms with Crippen molar-refractivity contribution in [1.82, 2.24) is 0 Å². The highest BCUT2D eigenvalue weighted by molar-refractivity contribution is 4.91. The van der Waals surface area contributed by atoms with Crippen LogP contribution in [0.15, 0.2) is 0 Å². The Kier molecular flexibility index (Phi) is 5.12. The first kappa shape index (κ1) is 14.4. The first-order chi connectivity index (χ1) is 8.64. The van der Waals surface area contributed by atoms with Crippen molar-refractivity contribution >= 4 is 0 Å². The van der Waals surface area contributed by atoms with Crippen molar-refractivity contribution < 1.29 is 5.11 Å². The van der Waals surface area contributed by atoms with E-state index in [9.17, 15) is 5.11 Å². The second-order valence-electron chi connectivity index (χ2n) is 7.15. The summed E-state index contributed by atoms with van der Waals surface area (Å²) >= 11 is 0. The summed E-state index contributed by atoms with van der Waals surface area (Å²) in [6, 6.07) is 0. The molecule has 2 aliphatic carbocycles. The first-order valence-corrected chi connectivity index (χ1v) is 8.36. The highest BCUT2D eigenvalue weighted by Crippen LogP contribution is 2.43. The summed E-state index contributed by atoms with van der Waals surface area (Å²) in [5, 5.41) is 11.0. The average Bonchev–Trinajstić information content (AvgIpc) is 2.54. The van der Waals surface area contributed by atoms with Gasteiger partial charge in [-0.1, -0.05) is 52.4 Å². The molecule has 2 aliphatic rings. The van der Waals surface area contributed by atoms with Gasteiger partial charge in [0.05, 0.1) is 5.60 Å². The lowest BCUT2D eigenvalue weighted by Gasteiger charge is -2.39. The van der Waals surface area contributed by atoms with Crippen LogP contribution in [-0.2, 0) is 0 Å². The summed E-state index contributed by atoms with van der Waals surface area (Å²) in [7, 11) is 0. The molecule has 0 spiro atoms. The molecule has 1 nitrogen and oxygen atoms in total. The smallest absolute Gasteiger partial charge is 0.0675 e. The van der Waals surface area contributed by atoms with Gasteiger partial charge in [0.15, 0.2) is 0 Å². The van der Waals surface area contributed by atoms with Crippen LogP contribution < -0.4 is 0 Å². The summed E-state index contributed by atoms with van der Waals surface area (Å²) in [4.78, 5) is 0. The van der Waals surface area contributed by atoms with Crippen molar-refractivity contribution in [2.45, 2.75) is 90.1 Å². The Morgan fingerprint density at radius 1 is 1.00 bits per heavy atom. The molecule has 2 saturated carbocycles. The van der Waals surface area contributed by atoms with Crippen LogP contribution >= 0.6 is 0 Å². The maximum Gasteiger partial charge on any atom is 0.0675 e. The van der Waals surface area contributed by atoms with Crippen LogP contribution in [0.25, 0.3) is 0 Å². The lowest BCUT2D eigenvalue weighted by molar-refractivity contribution is -0.0500.